The van der Waals surface area contributed by atoms with Gasteiger partial charge in [-0.25, -0.2) is 0 Å². The van der Waals surface area contributed by atoms with E-state index in [0.29, 0.717) is 0 Å². The molecule has 0 amide bonds. The maximum absolute atomic E-state index is 3.25. The summed E-state index contributed by atoms with van der Waals surface area (Å²) in [6.45, 7) is 2.22. The summed E-state index contributed by atoms with van der Waals surface area (Å²) in [6, 6.07) is 0. The standard InChI is InChI=1S/C5H11BBr/c1-2-3-4-5-6-7/h2-5H2,1H3. The smallest absolute Gasteiger partial charge is 0.166 e. The highest BCUT2D eigenvalue weighted by molar-refractivity contribution is 9.23. The van der Waals surface area contributed by atoms with Gasteiger partial charge in [-0.1, -0.05) is 32.5 Å². The second-order valence-corrected chi connectivity index (χ2v) is 2.30. The van der Waals surface area contributed by atoms with Gasteiger partial charge >= 0.3 is 0 Å². The molecule has 1 radical (unpaired) electrons. The average Bonchev–Trinajstić information content (AvgIpc) is 1.69. The van der Waals surface area contributed by atoms with Gasteiger partial charge in [-0.05, 0) is 0 Å². The predicted octanol–water partition coefficient (Wildman–Crippen LogP) is 2.61. The first-order valence-corrected chi connectivity index (χ1v) is 3.75. The van der Waals surface area contributed by atoms with Gasteiger partial charge in [0.25, 0.3) is 0 Å². The van der Waals surface area contributed by atoms with E-state index in [0.717, 1.165) is 0 Å². The first kappa shape index (κ1) is 7.54. The zero-order valence-electron chi connectivity index (χ0n) is 4.78. The van der Waals surface area contributed by atoms with Gasteiger partial charge in [0, 0.05) is 0 Å². The molecule has 0 fully saturated rings. The van der Waals surface area contributed by atoms with E-state index in [2.05, 4.69) is 22.7 Å². The van der Waals surface area contributed by atoms with Crippen molar-refractivity contribution < 1.29 is 0 Å². The van der Waals surface area contributed by atoms with Crippen molar-refractivity contribution in [2.24, 2.45) is 0 Å². The quantitative estimate of drug-likeness (QED) is 0.440. The summed E-state index contributed by atoms with van der Waals surface area (Å²) in [4.78, 5) is 0. The van der Waals surface area contributed by atoms with E-state index in [1.807, 2.05) is 6.10 Å². The first-order chi connectivity index (χ1) is 3.41. The predicted molar refractivity (Wildman–Crippen MR) is 39.0 cm³/mol. The van der Waals surface area contributed by atoms with Crippen LogP contribution in [-0.2, 0) is 0 Å². The van der Waals surface area contributed by atoms with Crippen molar-refractivity contribution in [2.45, 2.75) is 32.5 Å². The van der Waals surface area contributed by atoms with Gasteiger partial charge < -0.3 is 0 Å². The van der Waals surface area contributed by atoms with E-state index in [9.17, 15) is 0 Å². The normalized spacial score (nSPS) is 8.86. The van der Waals surface area contributed by atoms with Gasteiger partial charge in [0.15, 0.2) is 0 Å². The second kappa shape index (κ2) is 6.54. The summed E-state index contributed by atoms with van der Waals surface area (Å²) >= 11 is 3.25. The van der Waals surface area contributed by atoms with Crippen LogP contribution in [0.4, 0.5) is 0 Å². The lowest BCUT2D eigenvalue weighted by Crippen LogP contribution is -1.75. The molecule has 7 heavy (non-hydrogen) atoms. The Morgan fingerprint density at radius 1 is 1.43 bits per heavy atom. The van der Waals surface area contributed by atoms with Crippen molar-refractivity contribution in [3.63, 3.8) is 0 Å². The fourth-order valence-electron chi connectivity index (χ4n) is 0.471. The molecule has 0 N–H and O–H groups in total. The molecule has 0 aliphatic rings. The molecule has 41 valence electrons. The Morgan fingerprint density at radius 3 is 2.57 bits per heavy atom. The highest BCUT2D eigenvalue weighted by Crippen LogP contribution is 1.99. The van der Waals surface area contributed by atoms with Crippen molar-refractivity contribution in [2.75, 3.05) is 0 Å². The molecule has 0 unspecified atom stereocenters. The van der Waals surface area contributed by atoms with Crippen LogP contribution in [0.2, 0.25) is 6.32 Å². The van der Waals surface area contributed by atoms with Crippen LogP contribution in [0.5, 0.6) is 0 Å². The van der Waals surface area contributed by atoms with Crippen LogP contribution in [0.1, 0.15) is 26.2 Å². The van der Waals surface area contributed by atoms with Gasteiger partial charge in [0.2, 0.25) is 6.10 Å². The SMILES string of the molecule is CCCCC[B]Br. The van der Waals surface area contributed by atoms with Crippen molar-refractivity contribution in [1.29, 1.82) is 0 Å². The molecule has 0 nitrogen and oxygen atoms in total. The van der Waals surface area contributed by atoms with E-state index >= 15 is 0 Å². The van der Waals surface area contributed by atoms with Gasteiger partial charge in [-0.2, -0.15) is 15.8 Å². The molecule has 0 aromatic heterocycles. The Labute approximate surface area is 54.9 Å². The monoisotopic (exact) mass is 161 g/mol. The van der Waals surface area contributed by atoms with Gasteiger partial charge in [-0.3, -0.25) is 0 Å². The summed E-state index contributed by atoms with van der Waals surface area (Å²) in [5.74, 6) is 0. The van der Waals surface area contributed by atoms with E-state index in [1.54, 1.807) is 0 Å². The molecule has 0 saturated carbocycles. The molecule has 0 aliphatic heterocycles. The summed E-state index contributed by atoms with van der Waals surface area (Å²) in [7, 11) is 0. The summed E-state index contributed by atoms with van der Waals surface area (Å²) in [5, 5.41) is 0. The lowest BCUT2D eigenvalue weighted by molar-refractivity contribution is 0.770. The Bertz CT molecular complexity index is 27.3. The number of halogens is 1. The number of hydrogen-bond acceptors (Lipinski definition) is 0. The zero-order valence-corrected chi connectivity index (χ0v) is 6.37. The molecule has 0 heterocycles. The van der Waals surface area contributed by atoms with Gasteiger partial charge in [0.1, 0.15) is 0 Å². The number of hydrogen-bond donors (Lipinski definition) is 0. The Kier molecular flexibility index (Phi) is 7.05. The van der Waals surface area contributed by atoms with Crippen LogP contribution in [0.15, 0.2) is 0 Å². The zero-order chi connectivity index (χ0) is 5.54. The molecule has 0 aromatic rings. The lowest BCUT2D eigenvalue weighted by atomic mass is 9.99. The number of rotatable bonds is 4. The molecule has 0 aromatic carbocycles. The maximum Gasteiger partial charge on any atom is 0.205 e. The second-order valence-electron chi connectivity index (χ2n) is 1.65. The van der Waals surface area contributed by atoms with Crippen molar-refractivity contribution in [3.8, 4) is 0 Å². The molecule has 0 spiro atoms. The minimum absolute atomic E-state index is 1.22. The highest BCUT2D eigenvalue weighted by atomic mass is 79.9. The molecule has 0 aliphatic carbocycles. The van der Waals surface area contributed by atoms with Crippen LogP contribution < -0.4 is 0 Å². The van der Waals surface area contributed by atoms with Crippen LogP contribution in [0.25, 0.3) is 0 Å². The molecule has 0 atom stereocenters. The van der Waals surface area contributed by atoms with Gasteiger partial charge in [-0.15, -0.1) is 0 Å². The van der Waals surface area contributed by atoms with E-state index in [1.165, 1.54) is 25.6 Å². The Balaban J connectivity index is 2.45. The first-order valence-electron chi connectivity index (χ1n) is 2.83. The van der Waals surface area contributed by atoms with E-state index < -0.39 is 0 Å². The molecule has 2 heteroatoms. The number of unbranched alkanes of at least 4 members (excludes halogenated alkanes) is 2. The Morgan fingerprint density at radius 2 is 2.14 bits per heavy atom. The minimum atomic E-state index is 1.22. The molecular formula is C5H11BBr. The topological polar surface area (TPSA) is 0 Å². The molecular weight excluding hydrogens is 151 g/mol. The molecule has 0 bridgehead atoms. The minimum Gasteiger partial charge on any atom is -0.166 e. The van der Waals surface area contributed by atoms with Crippen molar-refractivity contribution >= 4 is 21.9 Å². The fourth-order valence-corrected chi connectivity index (χ4v) is 0.795. The third kappa shape index (κ3) is 6.54. The van der Waals surface area contributed by atoms with Crippen molar-refractivity contribution in [1.82, 2.24) is 0 Å². The lowest BCUT2D eigenvalue weighted by Gasteiger charge is -1.88. The summed E-state index contributed by atoms with van der Waals surface area (Å²) in [6.07, 6.45) is 7.28. The average molecular weight is 162 g/mol. The van der Waals surface area contributed by atoms with Crippen LogP contribution in [0.3, 0.4) is 0 Å². The van der Waals surface area contributed by atoms with Crippen molar-refractivity contribution in [3.05, 3.63) is 0 Å². The summed E-state index contributed by atoms with van der Waals surface area (Å²) < 4.78 is 0. The highest BCUT2D eigenvalue weighted by Gasteiger charge is 1.83. The van der Waals surface area contributed by atoms with E-state index in [4.69, 9.17) is 0 Å². The fraction of sp³-hybridized carbons (Fsp3) is 1.00. The summed E-state index contributed by atoms with van der Waals surface area (Å²) in [5.41, 5.74) is 0. The largest absolute Gasteiger partial charge is 0.205 e. The third-order valence-corrected chi connectivity index (χ3v) is 1.37. The van der Waals surface area contributed by atoms with Crippen LogP contribution >= 0.6 is 15.8 Å². The maximum atomic E-state index is 3.25. The third-order valence-electron chi connectivity index (χ3n) is 0.917. The van der Waals surface area contributed by atoms with Gasteiger partial charge in [0.05, 0.1) is 0 Å². The van der Waals surface area contributed by atoms with E-state index in [-0.39, 0.29) is 0 Å². The molecule has 0 saturated heterocycles. The molecule has 0 rings (SSSR count). The Hall–Kier alpha value is 0.545. The van der Waals surface area contributed by atoms with Crippen LogP contribution in [0, 0.1) is 0 Å². The van der Waals surface area contributed by atoms with Crippen LogP contribution in [-0.4, -0.2) is 6.10 Å².